The predicted molar refractivity (Wildman–Crippen MR) is 95.2 cm³/mol. The van der Waals surface area contributed by atoms with Crippen LogP contribution in [0.25, 0.3) is 22.2 Å². The summed E-state index contributed by atoms with van der Waals surface area (Å²) in [6.07, 6.45) is 2.33. The molecule has 1 heterocycles. The van der Waals surface area contributed by atoms with Crippen molar-refractivity contribution < 1.29 is 13.6 Å². The molecule has 2 aromatic carbocycles. The second kappa shape index (κ2) is 7.30. The average Bonchev–Trinajstić information content (AvgIpc) is 2.96. The first kappa shape index (κ1) is 16.9. The maximum atomic E-state index is 13.7. The van der Waals surface area contributed by atoms with E-state index < -0.39 is 0 Å². The Kier molecular flexibility index (Phi) is 4.93. The second-order valence-electron chi connectivity index (χ2n) is 5.77. The summed E-state index contributed by atoms with van der Waals surface area (Å²) in [5.41, 5.74) is 3.19. The molecule has 0 aliphatic carbocycles. The molecule has 128 valence electrons. The Hall–Kier alpha value is -2.95. The maximum absolute atomic E-state index is 13.7. The van der Waals surface area contributed by atoms with Gasteiger partial charge in [0.25, 0.3) is 0 Å². The highest BCUT2D eigenvalue weighted by molar-refractivity contribution is 5.91. The zero-order chi connectivity index (χ0) is 17.8. The van der Waals surface area contributed by atoms with Crippen LogP contribution in [0.5, 0.6) is 0 Å². The van der Waals surface area contributed by atoms with Gasteiger partial charge < -0.3 is 10.3 Å². The number of hydrogen-bond donors (Lipinski definition) is 2. The summed E-state index contributed by atoms with van der Waals surface area (Å²) in [4.78, 5) is 15.2. The number of halogens is 2. The lowest BCUT2D eigenvalue weighted by atomic mass is 10.0. The van der Waals surface area contributed by atoms with Crippen LogP contribution in [0.3, 0.4) is 0 Å². The van der Waals surface area contributed by atoms with Crippen molar-refractivity contribution in [3.8, 4) is 11.3 Å². The smallest absolute Gasteiger partial charge is 0.220 e. The number of H-pyrrole nitrogens is 1. The van der Waals surface area contributed by atoms with Gasteiger partial charge in [-0.2, -0.15) is 0 Å². The second-order valence-corrected chi connectivity index (χ2v) is 5.77. The van der Waals surface area contributed by atoms with E-state index >= 15 is 0 Å². The van der Waals surface area contributed by atoms with E-state index in [0.29, 0.717) is 13.0 Å². The third-order valence-corrected chi connectivity index (χ3v) is 4.05. The lowest BCUT2D eigenvalue weighted by Gasteiger charge is -2.06. The van der Waals surface area contributed by atoms with Crippen LogP contribution in [-0.4, -0.2) is 17.4 Å². The standard InChI is InChI=1S/C20H18F2N2O/c1-2-11-23-19(25)10-8-16-17-12-15(22)7-9-18(17)24-20(16)13-3-5-14(21)6-4-13/h2-7,9,12,24H,1,8,10-11H2,(H,23,25). The summed E-state index contributed by atoms with van der Waals surface area (Å²) >= 11 is 0. The first-order valence-corrected chi connectivity index (χ1v) is 8.02. The number of nitrogens with one attached hydrogen (secondary N) is 2. The van der Waals surface area contributed by atoms with Crippen LogP contribution in [0, 0.1) is 11.6 Å². The SMILES string of the molecule is C=CCNC(=O)CCc1c(-c2ccc(F)cc2)[nH]c2ccc(F)cc12. The summed E-state index contributed by atoms with van der Waals surface area (Å²) < 4.78 is 26.9. The Morgan fingerprint density at radius 3 is 2.56 bits per heavy atom. The van der Waals surface area contributed by atoms with Crippen LogP contribution < -0.4 is 5.32 Å². The fourth-order valence-corrected chi connectivity index (χ4v) is 2.86. The molecule has 0 unspecified atom stereocenters. The number of aromatic nitrogens is 1. The van der Waals surface area contributed by atoms with Gasteiger partial charge in [-0.3, -0.25) is 4.79 Å². The highest BCUT2D eigenvalue weighted by Gasteiger charge is 2.15. The van der Waals surface area contributed by atoms with E-state index in [4.69, 9.17) is 0 Å². The van der Waals surface area contributed by atoms with Gasteiger partial charge in [0.15, 0.2) is 0 Å². The lowest BCUT2D eigenvalue weighted by molar-refractivity contribution is -0.120. The zero-order valence-electron chi connectivity index (χ0n) is 13.6. The van der Waals surface area contributed by atoms with Gasteiger partial charge in [0.05, 0.1) is 0 Å². The monoisotopic (exact) mass is 340 g/mol. The van der Waals surface area contributed by atoms with Crippen LogP contribution in [-0.2, 0) is 11.2 Å². The van der Waals surface area contributed by atoms with Gasteiger partial charge in [-0.1, -0.05) is 6.08 Å². The van der Waals surface area contributed by atoms with Gasteiger partial charge in [-0.15, -0.1) is 6.58 Å². The Balaban J connectivity index is 1.99. The molecule has 0 saturated heterocycles. The van der Waals surface area contributed by atoms with E-state index in [1.54, 1.807) is 24.3 Å². The van der Waals surface area contributed by atoms with E-state index in [-0.39, 0.29) is 24.0 Å². The molecule has 3 aromatic rings. The van der Waals surface area contributed by atoms with Crippen molar-refractivity contribution in [3.63, 3.8) is 0 Å². The van der Waals surface area contributed by atoms with Gasteiger partial charge in [-0.25, -0.2) is 8.78 Å². The number of carbonyl (C=O) groups is 1. The van der Waals surface area contributed by atoms with Crippen LogP contribution in [0.4, 0.5) is 8.78 Å². The van der Waals surface area contributed by atoms with Gasteiger partial charge in [0.2, 0.25) is 5.91 Å². The summed E-state index contributed by atoms with van der Waals surface area (Å²) in [5.74, 6) is -0.763. The minimum Gasteiger partial charge on any atom is -0.354 e. The molecule has 3 nitrogen and oxygen atoms in total. The molecular weight excluding hydrogens is 322 g/mol. The van der Waals surface area contributed by atoms with Crippen LogP contribution in [0.2, 0.25) is 0 Å². The van der Waals surface area contributed by atoms with Crippen molar-refractivity contribution in [2.75, 3.05) is 6.54 Å². The first-order valence-electron chi connectivity index (χ1n) is 8.02. The Morgan fingerprint density at radius 2 is 1.84 bits per heavy atom. The normalized spacial score (nSPS) is 10.8. The molecule has 1 amide bonds. The van der Waals surface area contributed by atoms with E-state index in [9.17, 15) is 13.6 Å². The minimum absolute atomic E-state index is 0.101. The quantitative estimate of drug-likeness (QED) is 0.644. The number of hydrogen-bond acceptors (Lipinski definition) is 1. The summed E-state index contributed by atoms with van der Waals surface area (Å²) in [5, 5.41) is 3.46. The molecule has 0 aliphatic rings. The van der Waals surface area contributed by atoms with Crippen molar-refractivity contribution in [3.05, 3.63) is 72.3 Å². The number of aryl methyl sites for hydroxylation is 1. The third-order valence-electron chi connectivity index (χ3n) is 4.05. The molecule has 2 N–H and O–H groups in total. The molecule has 1 aromatic heterocycles. The molecule has 0 bridgehead atoms. The molecule has 0 radical (unpaired) electrons. The number of aromatic amines is 1. The topological polar surface area (TPSA) is 44.9 Å². The molecule has 0 saturated carbocycles. The fourth-order valence-electron chi connectivity index (χ4n) is 2.86. The number of carbonyl (C=O) groups excluding carboxylic acids is 1. The molecule has 0 aliphatic heterocycles. The largest absolute Gasteiger partial charge is 0.354 e. The number of benzene rings is 2. The minimum atomic E-state index is -0.338. The van der Waals surface area contributed by atoms with Crippen molar-refractivity contribution in [2.24, 2.45) is 0 Å². The first-order chi connectivity index (χ1) is 12.1. The van der Waals surface area contributed by atoms with Crippen molar-refractivity contribution in [1.82, 2.24) is 10.3 Å². The maximum Gasteiger partial charge on any atom is 0.220 e. The van der Waals surface area contributed by atoms with Gasteiger partial charge in [-0.05, 0) is 60.0 Å². The molecule has 0 fully saturated rings. The zero-order valence-corrected chi connectivity index (χ0v) is 13.6. The highest BCUT2D eigenvalue weighted by atomic mass is 19.1. The summed E-state index contributed by atoms with van der Waals surface area (Å²) in [7, 11) is 0. The van der Waals surface area contributed by atoms with Gasteiger partial charge in [0.1, 0.15) is 11.6 Å². The molecule has 0 spiro atoms. The molecule has 25 heavy (non-hydrogen) atoms. The van der Waals surface area contributed by atoms with E-state index in [0.717, 1.165) is 27.7 Å². The van der Waals surface area contributed by atoms with Gasteiger partial charge in [0, 0.05) is 29.6 Å². The fraction of sp³-hybridized carbons (Fsp3) is 0.150. The third kappa shape index (κ3) is 3.76. The van der Waals surface area contributed by atoms with Gasteiger partial charge >= 0.3 is 0 Å². The molecular formula is C20H18F2N2O. The van der Waals surface area contributed by atoms with Crippen molar-refractivity contribution >= 4 is 16.8 Å². The van der Waals surface area contributed by atoms with E-state index in [2.05, 4.69) is 16.9 Å². The predicted octanol–water partition coefficient (Wildman–Crippen LogP) is 4.35. The van der Waals surface area contributed by atoms with E-state index in [1.165, 1.54) is 24.3 Å². The number of rotatable bonds is 6. The van der Waals surface area contributed by atoms with Crippen molar-refractivity contribution in [1.29, 1.82) is 0 Å². The van der Waals surface area contributed by atoms with Crippen LogP contribution in [0.1, 0.15) is 12.0 Å². The van der Waals surface area contributed by atoms with Crippen molar-refractivity contribution in [2.45, 2.75) is 12.8 Å². The average molecular weight is 340 g/mol. The molecule has 3 rings (SSSR count). The van der Waals surface area contributed by atoms with E-state index in [1.807, 2.05) is 0 Å². The van der Waals surface area contributed by atoms with Crippen LogP contribution >= 0.6 is 0 Å². The molecule has 5 heteroatoms. The lowest BCUT2D eigenvalue weighted by Crippen LogP contribution is -2.23. The summed E-state index contributed by atoms with van der Waals surface area (Å²) in [6.45, 7) is 3.97. The van der Waals surface area contributed by atoms with Crippen LogP contribution in [0.15, 0.2) is 55.1 Å². The highest BCUT2D eigenvalue weighted by Crippen LogP contribution is 2.32. The Labute approximate surface area is 144 Å². The Morgan fingerprint density at radius 1 is 1.12 bits per heavy atom. The number of amides is 1. The summed E-state index contributed by atoms with van der Waals surface area (Å²) in [6, 6.07) is 10.6. The molecule has 0 atom stereocenters. The Bertz CT molecular complexity index is 913. The number of fused-ring (bicyclic) bond motifs is 1.